The maximum atomic E-state index is 12.3. The van der Waals surface area contributed by atoms with Crippen molar-refractivity contribution < 1.29 is 14.3 Å². The van der Waals surface area contributed by atoms with Crippen LogP contribution in [0.25, 0.3) is 0 Å². The molecule has 0 spiro atoms. The van der Waals surface area contributed by atoms with Gasteiger partial charge in [-0.2, -0.15) is 0 Å². The Morgan fingerprint density at radius 1 is 1.33 bits per heavy atom. The summed E-state index contributed by atoms with van der Waals surface area (Å²) in [6, 6.07) is 5.21. The largest absolute Gasteiger partial charge is 0.496 e. The molecule has 1 amide bonds. The lowest BCUT2D eigenvalue weighted by Gasteiger charge is -2.12. The molecular weight excluding hydrogens is 290 g/mol. The molecule has 2 rings (SSSR count). The molecule has 2 aromatic rings. The van der Waals surface area contributed by atoms with Crippen molar-refractivity contribution in [2.24, 2.45) is 0 Å². The summed E-state index contributed by atoms with van der Waals surface area (Å²) < 4.78 is 10.4. The van der Waals surface area contributed by atoms with Gasteiger partial charge in [0.1, 0.15) is 17.1 Å². The van der Waals surface area contributed by atoms with Gasteiger partial charge in [0.15, 0.2) is 5.13 Å². The topological polar surface area (TPSA) is 86.5 Å². The zero-order chi connectivity index (χ0) is 15.2. The van der Waals surface area contributed by atoms with Crippen LogP contribution < -0.4 is 20.5 Å². The van der Waals surface area contributed by atoms with Crippen molar-refractivity contribution in [3.63, 3.8) is 0 Å². The molecule has 7 heteroatoms. The number of benzene rings is 1. The summed E-state index contributed by atoms with van der Waals surface area (Å²) in [6.45, 7) is 0.462. The van der Waals surface area contributed by atoms with Crippen molar-refractivity contribution in [1.82, 2.24) is 10.3 Å². The van der Waals surface area contributed by atoms with Gasteiger partial charge in [-0.15, -0.1) is 11.3 Å². The Labute approximate surface area is 126 Å². The number of ether oxygens (including phenoxy) is 2. The van der Waals surface area contributed by atoms with E-state index in [1.807, 2.05) is 5.38 Å². The molecule has 0 saturated carbocycles. The molecule has 3 N–H and O–H groups in total. The average molecular weight is 307 g/mol. The van der Waals surface area contributed by atoms with E-state index in [2.05, 4.69) is 10.3 Å². The number of carbonyl (C=O) groups is 1. The second kappa shape index (κ2) is 6.94. The first kappa shape index (κ1) is 15.1. The van der Waals surface area contributed by atoms with Crippen molar-refractivity contribution in [2.45, 2.75) is 6.42 Å². The van der Waals surface area contributed by atoms with Crippen LogP contribution >= 0.6 is 11.3 Å². The maximum absolute atomic E-state index is 12.3. The van der Waals surface area contributed by atoms with Gasteiger partial charge in [0.25, 0.3) is 5.91 Å². The molecule has 0 fully saturated rings. The van der Waals surface area contributed by atoms with Gasteiger partial charge in [-0.25, -0.2) is 4.98 Å². The van der Waals surface area contributed by atoms with Gasteiger partial charge >= 0.3 is 0 Å². The van der Waals surface area contributed by atoms with Crippen LogP contribution in [0.1, 0.15) is 16.1 Å². The minimum Gasteiger partial charge on any atom is -0.496 e. The van der Waals surface area contributed by atoms with Crippen LogP contribution in [-0.2, 0) is 6.42 Å². The number of nitrogens with one attached hydrogen (secondary N) is 1. The zero-order valence-corrected chi connectivity index (χ0v) is 12.7. The third-order valence-electron chi connectivity index (χ3n) is 2.89. The number of anilines is 1. The van der Waals surface area contributed by atoms with E-state index in [9.17, 15) is 4.79 Å². The van der Waals surface area contributed by atoms with E-state index < -0.39 is 0 Å². The molecule has 21 heavy (non-hydrogen) atoms. The molecular formula is C14H17N3O3S. The fourth-order valence-electron chi connectivity index (χ4n) is 1.90. The Bertz CT molecular complexity index is 605. The third-order valence-corrected chi connectivity index (χ3v) is 3.61. The quantitative estimate of drug-likeness (QED) is 0.848. The number of aromatic nitrogens is 1. The van der Waals surface area contributed by atoms with Crippen LogP contribution in [0.4, 0.5) is 5.13 Å². The van der Waals surface area contributed by atoms with Crippen molar-refractivity contribution in [3.05, 3.63) is 34.8 Å². The first-order chi connectivity index (χ1) is 10.2. The first-order valence-corrected chi connectivity index (χ1v) is 7.22. The number of hydrogen-bond donors (Lipinski definition) is 2. The summed E-state index contributed by atoms with van der Waals surface area (Å²) in [5.74, 6) is 0.710. The van der Waals surface area contributed by atoms with E-state index in [1.54, 1.807) is 18.2 Å². The Kier molecular flexibility index (Phi) is 4.99. The van der Waals surface area contributed by atoms with Crippen molar-refractivity contribution >= 4 is 22.4 Å². The minimum absolute atomic E-state index is 0.243. The van der Waals surface area contributed by atoms with Crippen LogP contribution in [0.15, 0.2) is 23.6 Å². The summed E-state index contributed by atoms with van der Waals surface area (Å²) in [5.41, 5.74) is 6.82. The molecule has 0 aliphatic rings. The van der Waals surface area contributed by atoms with Gasteiger partial charge in [0.05, 0.1) is 19.9 Å². The molecule has 6 nitrogen and oxygen atoms in total. The van der Waals surface area contributed by atoms with E-state index in [4.69, 9.17) is 15.2 Å². The number of methoxy groups -OCH3 is 2. The number of hydrogen-bond acceptors (Lipinski definition) is 6. The summed E-state index contributed by atoms with van der Waals surface area (Å²) in [7, 11) is 3.03. The highest BCUT2D eigenvalue weighted by Crippen LogP contribution is 2.27. The highest BCUT2D eigenvalue weighted by molar-refractivity contribution is 7.13. The van der Waals surface area contributed by atoms with Crippen LogP contribution in [-0.4, -0.2) is 31.7 Å². The Hall–Kier alpha value is -2.28. The highest BCUT2D eigenvalue weighted by Gasteiger charge is 2.17. The van der Waals surface area contributed by atoms with E-state index in [0.717, 1.165) is 5.69 Å². The van der Waals surface area contributed by atoms with E-state index in [0.29, 0.717) is 35.2 Å². The van der Waals surface area contributed by atoms with Gasteiger partial charge in [-0.3, -0.25) is 4.79 Å². The minimum atomic E-state index is -0.243. The molecule has 112 valence electrons. The third kappa shape index (κ3) is 3.63. The predicted molar refractivity (Wildman–Crippen MR) is 82.1 cm³/mol. The molecule has 1 aromatic carbocycles. The van der Waals surface area contributed by atoms with E-state index in [1.165, 1.54) is 25.6 Å². The molecule has 0 unspecified atom stereocenters. The number of amides is 1. The lowest BCUT2D eigenvalue weighted by molar-refractivity contribution is 0.0948. The number of thiazole rings is 1. The SMILES string of the molecule is COc1cccc(OC)c1C(=O)NCCc1csc(N)n1. The molecule has 1 heterocycles. The van der Waals surface area contributed by atoms with Gasteiger partial charge in [-0.1, -0.05) is 6.07 Å². The molecule has 0 saturated heterocycles. The first-order valence-electron chi connectivity index (χ1n) is 6.34. The Morgan fingerprint density at radius 3 is 2.52 bits per heavy atom. The van der Waals surface area contributed by atoms with Crippen molar-refractivity contribution in [1.29, 1.82) is 0 Å². The van der Waals surface area contributed by atoms with Gasteiger partial charge in [0.2, 0.25) is 0 Å². The number of nitrogen functional groups attached to an aromatic ring is 1. The van der Waals surface area contributed by atoms with Crippen LogP contribution in [0.5, 0.6) is 11.5 Å². The number of rotatable bonds is 6. The second-order valence-electron chi connectivity index (χ2n) is 4.22. The highest BCUT2D eigenvalue weighted by atomic mass is 32.1. The standard InChI is InChI=1S/C14H17N3O3S/c1-19-10-4-3-5-11(20-2)12(10)13(18)16-7-6-9-8-21-14(15)17-9/h3-5,8H,6-7H2,1-2H3,(H2,15,17)(H,16,18). The summed E-state index contributed by atoms with van der Waals surface area (Å²) in [6.07, 6.45) is 0.622. The summed E-state index contributed by atoms with van der Waals surface area (Å²) in [4.78, 5) is 16.4. The monoisotopic (exact) mass is 307 g/mol. The normalized spacial score (nSPS) is 10.2. The van der Waals surface area contributed by atoms with Crippen LogP contribution in [0, 0.1) is 0 Å². The number of nitrogens with two attached hydrogens (primary N) is 1. The van der Waals surface area contributed by atoms with Crippen LogP contribution in [0.3, 0.4) is 0 Å². The predicted octanol–water partition coefficient (Wildman–Crippen LogP) is 1.71. The molecule has 0 radical (unpaired) electrons. The average Bonchev–Trinajstić information content (AvgIpc) is 2.91. The van der Waals surface area contributed by atoms with Gasteiger partial charge in [-0.05, 0) is 12.1 Å². The molecule has 0 aliphatic carbocycles. The summed E-state index contributed by atoms with van der Waals surface area (Å²) >= 11 is 1.39. The molecule has 0 bridgehead atoms. The van der Waals surface area contributed by atoms with Crippen molar-refractivity contribution in [3.8, 4) is 11.5 Å². The number of nitrogens with zero attached hydrogens (tertiary/aromatic N) is 1. The van der Waals surface area contributed by atoms with Gasteiger partial charge in [0, 0.05) is 18.3 Å². The second-order valence-corrected chi connectivity index (χ2v) is 5.11. The van der Waals surface area contributed by atoms with Crippen molar-refractivity contribution in [2.75, 3.05) is 26.5 Å². The van der Waals surface area contributed by atoms with E-state index in [-0.39, 0.29) is 5.91 Å². The summed E-state index contributed by atoms with van der Waals surface area (Å²) in [5, 5.41) is 5.24. The Morgan fingerprint density at radius 2 is 2.00 bits per heavy atom. The van der Waals surface area contributed by atoms with Gasteiger partial charge < -0.3 is 20.5 Å². The van der Waals surface area contributed by atoms with E-state index >= 15 is 0 Å². The Balaban J connectivity index is 2.03. The molecule has 1 aromatic heterocycles. The molecule has 0 aliphatic heterocycles. The molecule has 0 atom stereocenters. The van der Waals surface area contributed by atoms with Crippen LogP contribution in [0.2, 0.25) is 0 Å². The fraction of sp³-hybridized carbons (Fsp3) is 0.286. The smallest absolute Gasteiger partial charge is 0.258 e. The fourth-order valence-corrected chi connectivity index (χ4v) is 2.50. The zero-order valence-electron chi connectivity index (χ0n) is 11.9. The lowest BCUT2D eigenvalue weighted by atomic mass is 10.1. The number of carbonyl (C=O) groups excluding carboxylic acids is 1. The lowest BCUT2D eigenvalue weighted by Crippen LogP contribution is -2.26. The maximum Gasteiger partial charge on any atom is 0.258 e.